The molecule has 0 radical (unpaired) electrons. The largest absolute Gasteiger partial charge is 0.478 e. The fourth-order valence-electron chi connectivity index (χ4n) is 4.44. The maximum atomic E-state index is 13.6. The highest BCUT2D eigenvalue weighted by atomic mass is 32.1. The average Bonchev–Trinajstić information content (AvgIpc) is 3.64. The van der Waals surface area contributed by atoms with Crippen LogP contribution >= 0.6 is 11.3 Å². The number of rotatable bonds is 10. The molecule has 0 spiro atoms. The molecular formula is C28H26N6O3S. The van der Waals surface area contributed by atoms with Crippen molar-refractivity contribution in [1.29, 1.82) is 0 Å². The van der Waals surface area contributed by atoms with E-state index in [2.05, 4.69) is 32.5 Å². The molecule has 0 saturated heterocycles. The molecule has 9 nitrogen and oxygen atoms in total. The molecule has 0 unspecified atom stereocenters. The summed E-state index contributed by atoms with van der Waals surface area (Å²) in [4.78, 5) is 30.4. The minimum Gasteiger partial charge on any atom is -0.478 e. The molecule has 10 heteroatoms. The standard InChI is InChI=1S/C28H26N6O3S/c1-2-3-8-24-23(27(35)34(17-29-24)16-25-22(28(36)37)13-14-38-25)15-18-9-11-19(12-10-18)20-6-4-5-7-21(20)26-30-32-33-31-26/h4-7,9-14,17H,2-3,8,15-16H2,1H3,(H,36,37)(H,30,31,32,33). The molecule has 0 atom stereocenters. The topological polar surface area (TPSA) is 127 Å². The maximum Gasteiger partial charge on any atom is 0.336 e. The van der Waals surface area contributed by atoms with Crippen LogP contribution in [0.5, 0.6) is 0 Å². The van der Waals surface area contributed by atoms with Gasteiger partial charge in [-0.1, -0.05) is 61.9 Å². The van der Waals surface area contributed by atoms with E-state index in [-0.39, 0.29) is 17.7 Å². The minimum absolute atomic E-state index is 0.137. The molecule has 3 heterocycles. The van der Waals surface area contributed by atoms with E-state index < -0.39 is 5.97 Å². The van der Waals surface area contributed by atoms with E-state index in [0.717, 1.165) is 47.2 Å². The lowest BCUT2D eigenvalue weighted by Crippen LogP contribution is -2.27. The minimum atomic E-state index is -0.997. The summed E-state index contributed by atoms with van der Waals surface area (Å²) in [7, 11) is 0. The number of tetrazole rings is 1. The van der Waals surface area contributed by atoms with Crippen LogP contribution in [0.25, 0.3) is 22.5 Å². The maximum absolute atomic E-state index is 13.6. The van der Waals surface area contributed by atoms with Crippen molar-refractivity contribution in [1.82, 2.24) is 30.2 Å². The van der Waals surface area contributed by atoms with Crippen molar-refractivity contribution in [2.24, 2.45) is 0 Å². The van der Waals surface area contributed by atoms with Crippen LogP contribution in [0.3, 0.4) is 0 Å². The summed E-state index contributed by atoms with van der Waals surface area (Å²) in [5, 5.41) is 25.6. The Kier molecular flexibility index (Phi) is 7.50. The van der Waals surface area contributed by atoms with Crippen LogP contribution in [0.1, 0.15) is 51.8 Å². The molecule has 192 valence electrons. The molecule has 0 aliphatic rings. The number of carbonyl (C=O) groups is 1. The van der Waals surface area contributed by atoms with Gasteiger partial charge in [-0.25, -0.2) is 9.78 Å². The molecule has 5 rings (SSSR count). The zero-order valence-corrected chi connectivity index (χ0v) is 21.6. The Bertz CT molecular complexity index is 1610. The van der Waals surface area contributed by atoms with Gasteiger partial charge in [-0.15, -0.1) is 21.5 Å². The van der Waals surface area contributed by atoms with E-state index in [1.807, 2.05) is 48.5 Å². The third-order valence-electron chi connectivity index (χ3n) is 6.44. The molecule has 0 bridgehead atoms. The Hall–Kier alpha value is -4.44. The van der Waals surface area contributed by atoms with Crippen LogP contribution < -0.4 is 5.56 Å². The van der Waals surface area contributed by atoms with E-state index in [9.17, 15) is 14.7 Å². The van der Waals surface area contributed by atoms with Crippen molar-refractivity contribution in [2.75, 3.05) is 0 Å². The summed E-state index contributed by atoms with van der Waals surface area (Å²) in [6, 6.07) is 17.5. The fourth-order valence-corrected chi connectivity index (χ4v) is 5.30. The van der Waals surface area contributed by atoms with Crippen LogP contribution in [0, 0.1) is 0 Å². The van der Waals surface area contributed by atoms with Gasteiger partial charge in [0.05, 0.1) is 24.1 Å². The van der Waals surface area contributed by atoms with Crippen LogP contribution in [0.15, 0.2) is 71.1 Å². The normalized spacial score (nSPS) is 11.1. The summed E-state index contributed by atoms with van der Waals surface area (Å²) in [5.74, 6) is -0.471. The molecule has 0 aliphatic carbocycles. The summed E-state index contributed by atoms with van der Waals surface area (Å²) < 4.78 is 1.51. The Labute approximate surface area is 222 Å². The monoisotopic (exact) mass is 526 g/mol. The summed E-state index contributed by atoms with van der Waals surface area (Å²) in [6.45, 7) is 2.29. The summed E-state index contributed by atoms with van der Waals surface area (Å²) in [5.41, 5.74) is 5.37. The van der Waals surface area contributed by atoms with E-state index in [0.29, 0.717) is 22.7 Å². The lowest BCUT2D eigenvalue weighted by molar-refractivity contribution is 0.0696. The van der Waals surface area contributed by atoms with Gasteiger partial charge in [0, 0.05) is 22.4 Å². The molecule has 0 amide bonds. The first kappa shape index (κ1) is 25.2. The van der Waals surface area contributed by atoms with Gasteiger partial charge in [-0.2, -0.15) is 5.21 Å². The zero-order valence-electron chi connectivity index (χ0n) is 20.8. The molecule has 2 N–H and O–H groups in total. The SMILES string of the molecule is CCCCc1ncn(Cc2sccc2C(=O)O)c(=O)c1Cc1ccc(-c2ccccc2-c2nn[nH]n2)cc1. The highest BCUT2D eigenvalue weighted by Crippen LogP contribution is 2.30. The predicted octanol–water partition coefficient (Wildman–Crippen LogP) is 4.83. The number of aromatic carboxylic acids is 1. The number of carboxylic acid groups (broad SMARTS) is 1. The second-order valence-corrected chi connectivity index (χ2v) is 9.92. The van der Waals surface area contributed by atoms with Crippen molar-refractivity contribution >= 4 is 17.3 Å². The fraction of sp³-hybridized carbons (Fsp3) is 0.214. The van der Waals surface area contributed by atoms with Crippen molar-refractivity contribution in [3.8, 4) is 22.5 Å². The van der Waals surface area contributed by atoms with E-state index >= 15 is 0 Å². The lowest BCUT2D eigenvalue weighted by atomic mass is 9.96. The second kappa shape index (κ2) is 11.3. The number of H-pyrrole nitrogens is 1. The second-order valence-electron chi connectivity index (χ2n) is 8.92. The van der Waals surface area contributed by atoms with Crippen LogP contribution in [0.2, 0.25) is 0 Å². The number of carboxylic acids is 1. The highest BCUT2D eigenvalue weighted by molar-refractivity contribution is 7.10. The van der Waals surface area contributed by atoms with Gasteiger partial charge in [-0.3, -0.25) is 9.36 Å². The van der Waals surface area contributed by atoms with Gasteiger partial charge in [0.2, 0.25) is 5.82 Å². The Morgan fingerprint density at radius 2 is 1.87 bits per heavy atom. The Morgan fingerprint density at radius 3 is 2.58 bits per heavy atom. The Balaban J connectivity index is 1.45. The molecule has 0 fully saturated rings. The van der Waals surface area contributed by atoms with Gasteiger partial charge >= 0.3 is 5.97 Å². The third-order valence-corrected chi connectivity index (χ3v) is 7.34. The van der Waals surface area contributed by atoms with E-state index in [1.165, 1.54) is 15.9 Å². The molecular weight excluding hydrogens is 500 g/mol. The third kappa shape index (κ3) is 5.30. The Morgan fingerprint density at radius 1 is 1.08 bits per heavy atom. The quantitative estimate of drug-likeness (QED) is 0.267. The number of nitrogens with zero attached hydrogens (tertiary/aromatic N) is 5. The van der Waals surface area contributed by atoms with Gasteiger partial charge in [0.1, 0.15) is 0 Å². The van der Waals surface area contributed by atoms with Gasteiger partial charge in [0.25, 0.3) is 5.56 Å². The molecule has 2 aromatic carbocycles. The lowest BCUT2D eigenvalue weighted by Gasteiger charge is -2.13. The van der Waals surface area contributed by atoms with E-state index in [1.54, 1.807) is 17.8 Å². The number of benzene rings is 2. The predicted molar refractivity (Wildman–Crippen MR) is 145 cm³/mol. The molecule has 38 heavy (non-hydrogen) atoms. The number of thiophene rings is 1. The number of hydrogen-bond acceptors (Lipinski definition) is 7. The van der Waals surface area contributed by atoms with Crippen molar-refractivity contribution in [2.45, 2.75) is 39.2 Å². The number of aryl methyl sites for hydroxylation is 1. The average molecular weight is 527 g/mol. The number of nitrogens with one attached hydrogen (secondary N) is 1. The number of hydrogen-bond donors (Lipinski definition) is 2. The van der Waals surface area contributed by atoms with Gasteiger partial charge in [0.15, 0.2) is 0 Å². The number of unbranched alkanes of at least 4 members (excludes halogenated alkanes) is 1. The first-order chi connectivity index (χ1) is 18.5. The first-order valence-corrected chi connectivity index (χ1v) is 13.2. The van der Waals surface area contributed by atoms with Crippen molar-refractivity contribution < 1.29 is 9.90 Å². The van der Waals surface area contributed by atoms with Crippen molar-refractivity contribution in [3.05, 3.63) is 104 Å². The first-order valence-electron chi connectivity index (χ1n) is 12.3. The summed E-state index contributed by atoms with van der Waals surface area (Å²) in [6.07, 6.45) is 4.63. The van der Waals surface area contributed by atoms with Gasteiger partial charge < -0.3 is 5.11 Å². The van der Waals surface area contributed by atoms with E-state index in [4.69, 9.17) is 0 Å². The van der Waals surface area contributed by atoms with Crippen LogP contribution in [0.4, 0.5) is 0 Å². The number of aromatic amines is 1. The van der Waals surface area contributed by atoms with Gasteiger partial charge in [-0.05, 0) is 46.2 Å². The van der Waals surface area contributed by atoms with Crippen LogP contribution in [-0.4, -0.2) is 41.3 Å². The smallest absolute Gasteiger partial charge is 0.336 e. The van der Waals surface area contributed by atoms with Crippen molar-refractivity contribution in [3.63, 3.8) is 0 Å². The molecule has 5 aromatic rings. The zero-order chi connectivity index (χ0) is 26.5. The highest BCUT2D eigenvalue weighted by Gasteiger charge is 2.17. The molecule has 0 aliphatic heterocycles. The summed E-state index contributed by atoms with van der Waals surface area (Å²) >= 11 is 1.33. The molecule has 0 saturated carbocycles. The number of aromatic nitrogens is 6. The molecule has 3 aromatic heterocycles. The van der Waals surface area contributed by atoms with Crippen LogP contribution in [-0.2, 0) is 19.4 Å².